The van der Waals surface area contributed by atoms with Crippen LogP contribution in [-0.2, 0) is 4.74 Å². The van der Waals surface area contributed by atoms with Crippen molar-refractivity contribution in [2.45, 2.75) is 23.8 Å². The molecule has 4 heteroatoms. The van der Waals surface area contributed by atoms with Gasteiger partial charge in [-0.3, -0.25) is 0 Å². The van der Waals surface area contributed by atoms with Crippen LogP contribution < -0.4 is 0 Å². The highest BCUT2D eigenvalue weighted by Crippen LogP contribution is 2.29. The summed E-state index contributed by atoms with van der Waals surface area (Å²) in [5.41, 5.74) is 2.10. The number of benzene rings is 1. The predicted octanol–water partition coefficient (Wildman–Crippen LogP) is 3.18. The minimum atomic E-state index is 0.126. The number of alkyl halides is 1. The van der Waals surface area contributed by atoms with E-state index in [-0.39, 0.29) is 6.10 Å². The molecule has 0 aliphatic carbocycles. The third-order valence-electron chi connectivity index (χ3n) is 2.93. The van der Waals surface area contributed by atoms with Crippen LogP contribution in [0.1, 0.15) is 24.8 Å². The van der Waals surface area contributed by atoms with E-state index in [9.17, 15) is 0 Å². The number of nitrogens with one attached hydrogen (secondary N) is 1. The van der Waals surface area contributed by atoms with Gasteiger partial charge in [-0.1, -0.05) is 28.1 Å². The molecule has 1 aliphatic heterocycles. The summed E-state index contributed by atoms with van der Waals surface area (Å²) in [4.78, 5) is 8.39. The molecule has 2 aromatic rings. The molecule has 0 bridgehead atoms. The molecule has 3 rings (SSSR count). The van der Waals surface area contributed by atoms with Crippen LogP contribution in [0.3, 0.4) is 0 Å². The molecule has 0 radical (unpaired) electrons. The number of fused-ring (bicyclic) bond motifs is 1. The summed E-state index contributed by atoms with van der Waals surface area (Å²) in [6, 6.07) is 8.08. The Bertz CT molecular complexity index is 455. The Labute approximate surface area is 102 Å². The maximum atomic E-state index is 5.77. The number of para-hydroxylation sites is 2. The normalized spacial score (nSPS) is 26.1. The van der Waals surface area contributed by atoms with Crippen molar-refractivity contribution in [2.24, 2.45) is 0 Å². The van der Waals surface area contributed by atoms with Gasteiger partial charge in [0.2, 0.25) is 0 Å². The molecule has 1 aromatic carbocycles. The summed E-state index contributed by atoms with van der Waals surface area (Å²) in [5.74, 6) is 0.959. The first-order chi connectivity index (χ1) is 7.83. The molecular formula is C12H13BrN2O. The second-order valence-electron chi connectivity index (χ2n) is 4.14. The van der Waals surface area contributed by atoms with E-state index < -0.39 is 0 Å². The Morgan fingerprint density at radius 2 is 2.19 bits per heavy atom. The standard InChI is InChI=1S/C12H13BrN2O/c13-8-5-6-11(16-7-8)12-14-9-3-1-2-4-10(9)15-12/h1-4,8,11H,5-7H2,(H,14,15). The predicted molar refractivity (Wildman–Crippen MR) is 66.7 cm³/mol. The summed E-state index contributed by atoms with van der Waals surface area (Å²) < 4.78 is 5.77. The summed E-state index contributed by atoms with van der Waals surface area (Å²) >= 11 is 3.57. The highest BCUT2D eigenvalue weighted by atomic mass is 79.9. The van der Waals surface area contributed by atoms with Gasteiger partial charge in [-0.2, -0.15) is 0 Å². The molecule has 16 heavy (non-hydrogen) atoms. The quantitative estimate of drug-likeness (QED) is 0.815. The van der Waals surface area contributed by atoms with Crippen molar-refractivity contribution in [3.63, 3.8) is 0 Å². The van der Waals surface area contributed by atoms with E-state index in [1.807, 2.05) is 24.3 Å². The molecule has 0 spiro atoms. The van der Waals surface area contributed by atoms with Crippen molar-refractivity contribution < 1.29 is 4.74 Å². The Kier molecular flexibility index (Phi) is 2.69. The molecule has 1 N–H and O–H groups in total. The first kappa shape index (κ1) is 10.3. The number of hydrogen-bond acceptors (Lipinski definition) is 2. The number of halogens is 1. The molecular weight excluding hydrogens is 268 g/mol. The van der Waals surface area contributed by atoms with Gasteiger partial charge in [0.05, 0.1) is 17.6 Å². The number of nitrogens with zero attached hydrogens (tertiary/aromatic N) is 1. The van der Waals surface area contributed by atoms with Crippen LogP contribution in [0.25, 0.3) is 11.0 Å². The lowest BCUT2D eigenvalue weighted by molar-refractivity contribution is 0.0150. The Balaban J connectivity index is 1.88. The fourth-order valence-electron chi connectivity index (χ4n) is 2.06. The van der Waals surface area contributed by atoms with Crippen molar-refractivity contribution in [2.75, 3.05) is 6.61 Å². The number of imidazole rings is 1. The third-order valence-corrected chi connectivity index (χ3v) is 3.66. The van der Waals surface area contributed by atoms with E-state index in [2.05, 4.69) is 25.9 Å². The van der Waals surface area contributed by atoms with Crippen molar-refractivity contribution in [3.05, 3.63) is 30.1 Å². The van der Waals surface area contributed by atoms with Gasteiger partial charge in [0.15, 0.2) is 0 Å². The second-order valence-corrected chi connectivity index (χ2v) is 5.43. The molecule has 2 heterocycles. The van der Waals surface area contributed by atoms with E-state index in [0.717, 1.165) is 36.3 Å². The van der Waals surface area contributed by atoms with Crippen LogP contribution in [0.2, 0.25) is 0 Å². The molecule has 0 saturated carbocycles. The van der Waals surface area contributed by atoms with Crippen LogP contribution in [0.5, 0.6) is 0 Å². The molecule has 1 fully saturated rings. The number of aromatic amines is 1. The lowest BCUT2D eigenvalue weighted by Crippen LogP contribution is -2.21. The molecule has 3 nitrogen and oxygen atoms in total. The first-order valence-electron chi connectivity index (χ1n) is 5.53. The van der Waals surface area contributed by atoms with Crippen molar-refractivity contribution in [1.29, 1.82) is 0 Å². The fraction of sp³-hybridized carbons (Fsp3) is 0.417. The van der Waals surface area contributed by atoms with Gasteiger partial charge in [0.1, 0.15) is 11.9 Å². The summed E-state index contributed by atoms with van der Waals surface area (Å²) in [5, 5.41) is 0. The molecule has 1 saturated heterocycles. The summed E-state index contributed by atoms with van der Waals surface area (Å²) in [6.45, 7) is 0.766. The van der Waals surface area contributed by atoms with Gasteiger partial charge in [-0.25, -0.2) is 4.98 Å². The summed E-state index contributed by atoms with van der Waals surface area (Å²) in [7, 11) is 0. The van der Waals surface area contributed by atoms with Crippen molar-refractivity contribution >= 4 is 27.0 Å². The largest absolute Gasteiger partial charge is 0.369 e. The van der Waals surface area contributed by atoms with E-state index >= 15 is 0 Å². The average Bonchev–Trinajstić information content (AvgIpc) is 2.73. The topological polar surface area (TPSA) is 37.9 Å². The Morgan fingerprint density at radius 1 is 1.31 bits per heavy atom. The number of hydrogen-bond donors (Lipinski definition) is 1. The minimum Gasteiger partial charge on any atom is -0.369 e. The van der Waals surface area contributed by atoms with Gasteiger partial charge in [0, 0.05) is 4.83 Å². The smallest absolute Gasteiger partial charge is 0.136 e. The van der Waals surface area contributed by atoms with Gasteiger partial charge in [-0.15, -0.1) is 0 Å². The van der Waals surface area contributed by atoms with E-state index in [1.165, 1.54) is 0 Å². The third kappa shape index (κ3) is 1.87. The van der Waals surface area contributed by atoms with Crippen LogP contribution in [-0.4, -0.2) is 21.4 Å². The van der Waals surface area contributed by atoms with E-state index in [1.54, 1.807) is 0 Å². The lowest BCUT2D eigenvalue weighted by atomic mass is 10.1. The van der Waals surface area contributed by atoms with Crippen molar-refractivity contribution in [1.82, 2.24) is 9.97 Å². The maximum Gasteiger partial charge on any atom is 0.136 e. The Morgan fingerprint density at radius 3 is 2.94 bits per heavy atom. The van der Waals surface area contributed by atoms with Crippen LogP contribution in [0.4, 0.5) is 0 Å². The van der Waals surface area contributed by atoms with E-state index in [4.69, 9.17) is 4.74 Å². The van der Waals surface area contributed by atoms with Crippen LogP contribution in [0.15, 0.2) is 24.3 Å². The van der Waals surface area contributed by atoms with Crippen LogP contribution >= 0.6 is 15.9 Å². The zero-order valence-corrected chi connectivity index (χ0v) is 10.4. The Hall–Kier alpha value is -0.870. The molecule has 0 amide bonds. The number of rotatable bonds is 1. The van der Waals surface area contributed by atoms with Gasteiger partial charge in [0.25, 0.3) is 0 Å². The number of H-pyrrole nitrogens is 1. The number of aromatic nitrogens is 2. The first-order valence-corrected chi connectivity index (χ1v) is 6.45. The lowest BCUT2D eigenvalue weighted by Gasteiger charge is -2.24. The van der Waals surface area contributed by atoms with Crippen LogP contribution in [0, 0.1) is 0 Å². The van der Waals surface area contributed by atoms with E-state index in [0.29, 0.717) is 4.83 Å². The molecule has 84 valence electrons. The highest BCUT2D eigenvalue weighted by Gasteiger charge is 2.23. The molecule has 1 aliphatic rings. The average molecular weight is 281 g/mol. The minimum absolute atomic E-state index is 0.126. The zero-order chi connectivity index (χ0) is 11.0. The SMILES string of the molecule is BrC1CCC(c2nc3ccccc3[nH]2)OC1. The molecule has 2 atom stereocenters. The van der Waals surface area contributed by atoms with Gasteiger partial charge >= 0.3 is 0 Å². The monoisotopic (exact) mass is 280 g/mol. The van der Waals surface area contributed by atoms with Crippen molar-refractivity contribution in [3.8, 4) is 0 Å². The molecule has 2 unspecified atom stereocenters. The molecule has 1 aromatic heterocycles. The fourth-order valence-corrected chi connectivity index (χ4v) is 2.48. The summed E-state index contributed by atoms with van der Waals surface area (Å²) in [6.07, 6.45) is 2.29. The number of ether oxygens (including phenoxy) is 1. The zero-order valence-electron chi connectivity index (χ0n) is 8.82. The van der Waals surface area contributed by atoms with Gasteiger partial charge < -0.3 is 9.72 Å². The second kappa shape index (κ2) is 4.18. The maximum absolute atomic E-state index is 5.77. The highest BCUT2D eigenvalue weighted by molar-refractivity contribution is 9.09. The van der Waals surface area contributed by atoms with Gasteiger partial charge in [-0.05, 0) is 25.0 Å².